The summed E-state index contributed by atoms with van der Waals surface area (Å²) >= 11 is 0. The fourth-order valence-corrected chi connectivity index (χ4v) is 4.48. The predicted octanol–water partition coefficient (Wildman–Crippen LogP) is 1.79. The van der Waals surface area contributed by atoms with Gasteiger partial charge in [-0.15, -0.1) is 0 Å². The summed E-state index contributed by atoms with van der Waals surface area (Å²) in [6.45, 7) is 6.19. The Morgan fingerprint density at radius 2 is 1.95 bits per heavy atom. The van der Waals surface area contributed by atoms with Gasteiger partial charge < -0.3 is 14.0 Å². The van der Waals surface area contributed by atoms with E-state index in [4.69, 9.17) is 9.47 Å². The van der Waals surface area contributed by atoms with Crippen molar-refractivity contribution < 1.29 is 9.47 Å². The van der Waals surface area contributed by atoms with E-state index in [9.17, 15) is 0 Å². The van der Waals surface area contributed by atoms with Gasteiger partial charge in [-0.3, -0.25) is 4.90 Å². The van der Waals surface area contributed by atoms with Crippen LogP contribution in [0.1, 0.15) is 25.7 Å². The molecule has 5 heteroatoms. The molecule has 1 aromatic rings. The Kier molecular flexibility index (Phi) is 4.46. The minimum Gasteiger partial charge on any atom is -0.381 e. The van der Waals surface area contributed by atoms with E-state index < -0.39 is 0 Å². The number of nitrogens with zero attached hydrogens (tertiary/aromatic N) is 3. The van der Waals surface area contributed by atoms with Gasteiger partial charge in [0.2, 0.25) is 0 Å². The summed E-state index contributed by atoms with van der Waals surface area (Å²) in [7, 11) is 0. The molecule has 4 rings (SSSR count). The van der Waals surface area contributed by atoms with Crippen molar-refractivity contribution in [2.75, 3.05) is 32.9 Å². The first-order valence-electron chi connectivity index (χ1n) is 8.79. The number of morpholine rings is 1. The fourth-order valence-electron chi connectivity index (χ4n) is 4.48. The van der Waals surface area contributed by atoms with Crippen molar-refractivity contribution in [3.05, 3.63) is 18.7 Å². The van der Waals surface area contributed by atoms with Crippen LogP contribution in [-0.2, 0) is 16.0 Å². The molecule has 3 heterocycles. The SMILES string of the molecule is c1cn(C[C@@H]2CC[C@H]3[C@@H]2OCCN3CC2CCOCC2)cn1. The zero-order valence-corrected chi connectivity index (χ0v) is 13.3. The maximum Gasteiger partial charge on any atom is 0.0946 e. The monoisotopic (exact) mass is 305 g/mol. The number of fused-ring (bicyclic) bond motifs is 1. The first-order valence-corrected chi connectivity index (χ1v) is 8.79. The molecule has 5 nitrogen and oxygen atoms in total. The van der Waals surface area contributed by atoms with Gasteiger partial charge in [0.05, 0.1) is 19.0 Å². The third-order valence-corrected chi connectivity index (χ3v) is 5.67. The van der Waals surface area contributed by atoms with Gasteiger partial charge in [0.15, 0.2) is 0 Å². The lowest BCUT2D eigenvalue weighted by molar-refractivity contribution is -0.0835. The Morgan fingerprint density at radius 3 is 2.77 bits per heavy atom. The van der Waals surface area contributed by atoms with Crippen LogP contribution in [-0.4, -0.2) is 59.5 Å². The molecule has 122 valence electrons. The maximum absolute atomic E-state index is 6.18. The van der Waals surface area contributed by atoms with Crippen molar-refractivity contribution >= 4 is 0 Å². The zero-order chi connectivity index (χ0) is 14.8. The molecule has 0 spiro atoms. The third-order valence-electron chi connectivity index (χ3n) is 5.67. The average Bonchev–Trinajstić information content (AvgIpc) is 3.20. The second-order valence-electron chi connectivity index (χ2n) is 7.05. The van der Waals surface area contributed by atoms with E-state index in [2.05, 4.69) is 20.6 Å². The highest BCUT2D eigenvalue weighted by Crippen LogP contribution is 2.36. The predicted molar refractivity (Wildman–Crippen MR) is 83.6 cm³/mol. The second-order valence-corrected chi connectivity index (χ2v) is 7.05. The molecule has 0 radical (unpaired) electrons. The molecule has 3 fully saturated rings. The van der Waals surface area contributed by atoms with Crippen LogP contribution < -0.4 is 0 Å². The zero-order valence-electron chi connectivity index (χ0n) is 13.3. The lowest BCUT2D eigenvalue weighted by Gasteiger charge is -2.41. The number of ether oxygens (including phenoxy) is 2. The van der Waals surface area contributed by atoms with E-state index in [1.165, 1.54) is 32.2 Å². The van der Waals surface area contributed by atoms with Crippen molar-refractivity contribution in [1.29, 1.82) is 0 Å². The summed E-state index contributed by atoms with van der Waals surface area (Å²) in [5.41, 5.74) is 0. The lowest BCUT2D eigenvalue weighted by atomic mass is 9.97. The lowest BCUT2D eigenvalue weighted by Crippen LogP contribution is -2.52. The Morgan fingerprint density at radius 1 is 1.05 bits per heavy atom. The Bertz CT molecular complexity index is 458. The summed E-state index contributed by atoms with van der Waals surface area (Å²) in [5.74, 6) is 1.46. The first kappa shape index (κ1) is 14.7. The van der Waals surface area contributed by atoms with Gasteiger partial charge in [0.1, 0.15) is 0 Å². The van der Waals surface area contributed by atoms with Gasteiger partial charge in [-0.2, -0.15) is 0 Å². The molecule has 22 heavy (non-hydrogen) atoms. The smallest absolute Gasteiger partial charge is 0.0946 e. The summed E-state index contributed by atoms with van der Waals surface area (Å²) in [6.07, 6.45) is 11.3. The van der Waals surface area contributed by atoms with Crippen LogP contribution >= 0.6 is 0 Å². The minimum atomic E-state index is 0.413. The van der Waals surface area contributed by atoms with Crippen molar-refractivity contribution in [3.8, 4) is 0 Å². The van der Waals surface area contributed by atoms with Crippen LogP contribution in [0.5, 0.6) is 0 Å². The number of aromatic nitrogens is 2. The maximum atomic E-state index is 6.18. The van der Waals surface area contributed by atoms with Crippen LogP contribution in [0.15, 0.2) is 18.7 Å². The van der Waals surface area contributed by atoms with E-state index in [0.717, 1.165) is 38.8 Å². The normalized spacial score (nSPS) is 33.9. The number of hydrogen-bond donors (Lipinski definition) is 0. The van der Waals surface area contributed by atoms with E-state index in [1.807, 2.05) is 12.5 Å². The standard InChI is InChI=1S/C17H27N3O2/c1-2-16-17(15(1)12-19-6-5-18-13-19)22-10-7-20(16)11-14-3-8-21-9-4-14/h5-6,13-17H,1-4,7-12H2/t15-,16-,17+/m0/s1. The molecule has 1 aromatic heterocycles. The number of imidazole rings is 1. The fraction of sp³-hybridized carbons (Fsp3) is 0.824. The Labute approximate surface area is 132 Å². The van der Waals surface area contributed by atoms with Gasteiger partial charge in [0, 0.05) is 57.2 Å². The summed E-state index contributed by atoms with van der Waals surface area (Å²) in [5, 5.41) is 0. The van der Waals surface area contributed by atoms with Gasteiger partial charge in [-0.25, -0.2) is 4.98 Å². The largest absolute Gasteiger partial charge is 0.381 e. The van der Waals surface area contributed by atoms with Crippen molar-refractivity contribution in [3.63, 3.8) is 0 Å². The number of rotatable bonds is 4. The van der Waals surface area contributed by atoms with Gasteiger partial charge in [-0.1, -0.05) is 0 Å². The first-order chi connectivity index (χ1) is 10.9. The molecule has 2 aliphatic heterocycles. The van der Waals surface area contributed by atoms with Gasteiger partial charge in [-0.05, 0) is 31.6 Å². The van der Waals surface area contributed by atoms with Crippen LogP contribution in [0.3, 0.4) is 0 Å². The van der Waals surface area contributed by atoms with E-state index in [-0.39, 0.29) is 0 Å². The van der Waals surface area contributed by atoms with Crippen LogP contribution in [0.4, 0.5) is 0 Å². The molecule has 0 bridgehead atoms. The molecule has 0 amide bonds. The molecule has 1 saturated carbocycles. The minimum absolute atomic E-state index is 0.413. The quantitative estimate of drug-likeness (QED) is 0.850. The highest BCUT2D eigenvalue weighted by Gasteiger charge is 2.43. The summed E-state index contributed by atoms with van der Waals surface area (Å²) in [6, 6.07) is 0.630. The molecule has 3 atom stereocenters. The molecule has 1 aliphatic carbocycles. The average molecular weight is 305 g/mol. The summed E-state index contributed by atoms with van der Waals surface area (Å²) < 4.78 is 13.9. The molecular weight excluding hydrogens is 278 g/mol. The van der Waals surface area contributed by atoms with E-state index >= 15 is 0 Å². The molecule has 0 unspecified atom stereocenters. The van der Waals surface area contributed by atoms with Gasteiger partial charge in [0.25, 0.3) is 0 Å². The van der Waals surface area contributed by atoms with Crippen LogP contribution in [0.25, 0.3) is 0 Å². The highest BCUT2D eigenvalue weighted by molar-refractivity contribution is 4.96. The molecule has 3 aliphatic rings. The topological polar surface area (TPSA) is 39.5 Å². The Hall–Kier alpha value is -0.910. The summed E-state index contributed by atoms with van der Waals surface area (Å²) in [4.78, 5) is 6.88. The van der Waals surface area contributed by atoms with Gasteiger partial charge >= 0.3 is 0 Å². The number of hydrogen-bond acceptors (Lipinski definition) is 4. The van der Waals surface area contributed by atoms with Crippen LogP contribution in [0, 0.1) is 11.8 Å². The van der Waals surface area contributed by atoms with Crippen molar-refractivity contribution in [2.45, 2.75) is 44.4 Å². The molecule has 0 N–H and O–H groups in total. The Balaban J connectivity index is 1.37. The molecular formula is C17H27N3O2. The molecule has 2 saturated heterocycles. The van der Waals surface area contributed by atoms with Crippen molar-refractivity contribution in [1.82, 2.24) is 14.5 Å². The molecule has 0 aromatic carbocycles. The van der Waals surface area contributed by atoms with E-state index in [0.29, 0.717) is 18.1 Å². The third kappa shape index (κ3) is 3.07. The van der Waals surface area contributed by atoms with E-state index in [1.54, 1.807) is 0 Å². The van der Waals surface area contributed by atoms with Crippen LogP contribution in [0.2, 0.25) is 0 Å². The highest BCUT2D eigenvalue weighted by atomic mass is 16.5. The van der Waals surface area contributed by atoms with Crippen molar-refractivity contribution in [2.24, 2.45) is 11.8 Å². The second kappa shape index (κ2) is 6.69.